The van der Waals surface area contributed by atoms with Crippen LogP contribution in [-0.4, -0.2) is 28.9 Å². The van der Waals surface area contributed by atoms with Crippen LogP contribution in [0.1, 0.15) is 16.1 Å². The maximum Gasteiger partial charge on any atom is 0.321 e. The van der Waals surface area contributed by atoms with Crippen LogP contribution in [0.2, 0.25) is 0 Å². The number of rotatable bonds is 4. The average Bonchev–Trinajstić information content (AvgIpc) is 2.48. The fraction of sp³-hybridized carbons (Fsp3) is 0.133. The SMILES string of the molecule is CN(Cc1ccccn1)C(=O)Nc1cccc(C(N)=O)c1. The van der Waals surface area contributed by atoms with Crippen molar-refractivity contribution in [1.82, 2.24) is 9.88 Å². The first kappa shape index (κ1) is 14.5. The van der Waals surface area contributed by atoms with Crippen LogP contribution in [0.15, 0.2) is 48.7 Å². The molecule has 0 bridgehead atoms. The van der Waals surface area contributed by atoms with Crippen LogP contribution < -0.4 is 11.1 Å². The minimum atomic E-state index is -0.534. The molecular formula is C15H16N4O2. The van der Waals surface area contributed by atoms with Gasteiger partial charge >= 0.3 is 6.03 Å². The van der Waals surface area contributed by atoms with Gasteiger partial charge in [-0.2, -0.15) is 0 Å². The number of anilines is 1. The summed E-state index contributed by atoms with van der Waals surface area (Å²) in [5, 5.41) is 2.71. The molecule has 1 aromatic heterocycles. The summed E-state index contributed by atoms with van der Waals surface area (Å²) < 4.78 is 0. The molecule has 0 aliphatic carbocycles. The Morgan fingerprint density at radius 1 is 1.24 bits per heavy atom. The molecule has 1 heterocycles. The van der Waals surface area contributed by atoms with Crippen molar-refractivity contribution in [2.45, 2.75) is 6.54 Å². The number of carbonyl (C=O) groups is 2. The average molecular weight is 284 g/mol. The van der Waals surface area contributed by atoms with Gasteiger partial charge in [-0.15, -0.1) is 0 Å². The number of benzene rings is 1. The highest BCUT2D eigenvalue weighted by Crippen LogP contribution is 2.11. The lowest BCUT2D eigenvalue weighted by molar-refractivity contribution is 0.1000. The second-order valence-corrected chi connectivity index (χ2v) is 4.55. The predicted molar refractivity (Wildman–Crippen MR) is 79.7 cm³/mol. The quantitative estimate of drug-likeness (QED) is 0.898. The third kappa shape index (κ3) is 4.04. The van der Waals surface area contributed by atoms with Gasteiger partial charge in [0, 0.05) is 24.5 Å². The van der Waals surface area contributed by atoms with Gasteiger partial charge in [0.05, 0.1) is 12.2 Å². The Kier molecular flexibility index (Phi) is 4.50. The molecule has 0 saturated carbocycles. The molecule has 108 valence electrons. The maximum atomic E-state index is 12.1. The monoisotopic (exact) mass is 284 g/mol. The van der Waals surface area contributed by atoms with Crippen molar-refractivity contribution in [3.05, 3.63) is 59.9 Å². The molecule has 0 aliphatic heterocycles. The van der Waals surface area contributed by atoms with Crippen LogP contribution in [0.5, 0.6) is 0 Å². The molecule has 0 atom stereocenters. The van der Waals surface area contributed by atoms with Crippen LogP contribution in [-0.2, 0) is 6.54 Å². The minimum Gasteiger partial charge on any atom is -0.366 e. The van der Waals surface area contributed by atoms with Crippen molar-refractivity contribution in [3.8, 4) is 0 Å². The van der Waals surface area contributed by atoms with Crippen molar-refractivity contribution < 1.29 is 9.59 Å². The lowest BCUT2D eigenvalue weighted by Gasteiger charge is -2.17. The van der Waals surface area contributed by atoms with Gasteiger partial charge in [0.25, 0.3) is 0 Å². The number of urea groups is 1. The number of nitrogens with zero attached hydrogens (tertiary/aromatic N) is 2. The van der Waals surface area contributed by atoms with Crippen molar-refractivity contribution in [3.63, 3.8) is 0 Å². The molecule has 0 unspecified atom stereocenters. The highest BCUT2D eigenvalue weighted by atomic mass is 16.2. The lowest BCUT2D eigenvalue weighted by Crippen LogP contribution is -2.31. The molecule has 2 aromatic rings. The maximum absolute atomic E-state index is 12.1. The Morgan fingerprint density at radius 2 is 2.05 bits per heavy atom. The molecule has 3 amide bonds. The number of hydrogen-bond donors (Lipinski definition) is 2. The molecule has 6 nitrogen and oxygen atoms in total. The Bertz CT molecular complexity index is 643. The van der Waals surface area contributed by atoms with Gasteiger partial charge in [0.2, 0.25) is 5.91 Å². The second-order valence-electron chi connectivity index (χ2n) is 4.55. The number of amides is 3. The first-order chi connectivity index (χ1) is 10.1. The number of primary amides is 1. The summed E-state index contributed by atoms with van der Waals surface area (Å²) in [7, 11) is 1.67. The molecule has 0 fully saturated rings. The molecule has 0 spiro atoms. The Morgan fingerprint density at radius 3 is 2.71 bits per heavy atom. The lowest BCUT2D eigenvalue weighted by atomic mass is 10.2. The Hall–Kier alpha value is -2.89. The topological polar surface area (TPSA) is 88.3 Å². The molecular weight excluding hydrogens is 268 g/mol. The van der Waals surface area contributed by atoms with Gasteiger partial charge in [0.15, 0.2) is 0 Å². The summed E-state index contributed by atoms with van der Waals surface area (Å²) in [6.45, 7) is 0.391. The molecule has 6 heteroatoms. The fourth-order valence-corrected chi connectivity index (χ4v) is 1.78. The largest absolute Gasteiger partial charge is 0.366 e. The van der Waals surface area contributed by atoms with Crippen LogP contribution in [0.3, 0.4) is 0 Å². The standard InChI is InChI=1S/C15H16N4O2/c1-19(10-13-6-2-3-8-17-13)15(21)18-12-7-4-5-11(9-12)14(16)20/h2-9H,10H2,1H3,(H2,16,20)(H,18,21). The summed E-state index contributed by atoms with van der Waals surface area (Å²) in [5.74, 6) is -0.534. The van der Waals surface area contributed by atoms with Crippen LogP contribution in [0, 0.1) is 0 Å². The zero-order valence-electron chi connectivity index (χ0n) is 11.6. The summed E-state index contributed by atoms with van der Waals surface area (Å²) in [6.07, 6.45) is 1.68. The van der Waals surface area contributed by atoms with E-state index in [-0.39, 0.29) is 6.03 Å². The molecule has 0 saturated heterocycles. The van der Waals surface area contributed by atoms with Crippen LogP contribution in [0.4, 0.5) is 10.5 Å². The van der Waals surface area contributed by atoms with Gasteiger partial charge in [0.1, 0.15) is 0 Å². The predicted octanol–water partition coefficient (Wildman–Crippen LogP) is 1.84. The van der Waals surface area contributed by atoms with Crippen LogP contribution >= 0.6 is 0 Å². The molecule has 0 radical (unpaired) electrons. The number of nitrogens with one attached hydrogen (secondary N) is 1. The Balaban J connectivity index is 2.00. The minimum absolute atomic E-state index is 0.290. The summed E-state index contributed by atoms with van der Waals surface area (Å²) in [6, 6.07) is 11.7. The first-order valence-corrected chi connectivity index (χ1v) is 6.38. The Labute approximate surface area is 122 Å². The van der Waals surface area contributed by atoms with Crippen molar-refractivity contribution in [2.24, 2.45) is 5.73 Å². The third-order valence-electron chi connectivity index (χ3n) is 2.87. The zero-order valence-corrected chi connectivity index (χ0v) is 11.6. The highest BCUT2D eigenvalue weighted by molar-refractivity contribution is 5.95. The molecule has 1 aromatic carbocycles. The van der Waals surface area contributed by atoms with E-state index in [1.807, 2.05) is 18.2 Å². The first-order valence-electron chi connectivity index (χ1n) is 6.38. The van der Waals surface area contributed by atoms with E-state index >= 15 is 0 Å². The van der Waals surface area contributed by atoms with Crippen molar-refractivity contribution in [1.29, 1.82) is 0 Å². The van der Waals surface area contributed by atoms with E-state index in [2.05, 4.69) is 10.3 Å². The molecule has 21 heavy (non-hydrogen) atoms. The van der Waals surface area contributed by atoms with Crippen molar-refractivity contribution in [2.75, 3.05) is 12.4 Å². The number of aromatic nitrogens is 1. The molecule has 3 N–H and O–H groups in total. The fourth-order valence-electron chi connectivity index (χ4n) is 1.78. The second kappa shape index (κ2) is 6.51. The van der Waals surface area contributed by atoms with Gasteiger partial charge in [-0.05, 0) is 30.3 Å². The van der Waals surface area contributed by atoms with Crippen LogP contribution in [0.25, 0.3) is 0 Å². The van der Waals surface area contributed by atoms with E-state index in [0.29, 0.717) is 17.8 Å². The number of nitrogens with two attached hydrogens (primary N) is 1. The molecule has 0 aliphatic rings. The normalized spacial score (nSPS) is 9.95. The zero-order chi connectivity index (χ0) is 15.2. The van der Waals surface area contributed by atoms with E-state index in [1.54, 1.807) is 31.4 Å². The van der Waals surface area contributed by atoms with E-state index in [4.69, 9.17) is 5.73 Å². The van der Waals surface area contributed by atoms with Gasteiger partial charge in [-0.25, -0.2) is 4.79 Å². The van der Waals surface area contributed by atoms with Gasteiger partial charge in [-0.3, -0.25) is 9.78 Å². The highest BCUT2D eigenvalue weighted by Gasteiger charge is 2.10. The number of pyridine rings is 1. The number of hydrogen-bond acceptors (Lipinski definition) is 3. The summed E-state index contributed by atoms with van der Waals surface area (Å²) >= 11 is 0. The van der Waals surface area contributed by atoms with Crippen molar-refractivity contribution >= 4 is 17.6 Å². The summed E-state index contributed by atoms with van der Waals surface area (Å²) in [4.78, 5) is 28.8. The number of carbonyl (C=O) groups excluding carboxylic acids is 2. The summed E-state index contributed by atoms with van der Waals surface area (Å²) in [5.41, 5.74) is 6.86. The van der Waals surface area contributed by atoms with Gasteiger partial charge in [-0.1, -0.05) is 12.1 Å². The van der Waals surface area contributed by atoms with E-state index in [0.717, 1.165) is 5.69 Å². The smallest absolute Gasteiger partial charge is 0.321 e. The van der Waals surface area contributed by atoms with E-state index in [9.17, 15) is 9.59 Å². The van der Waals surface area contributed by atoms with E-state index in [1.165, 1.54) is 11.0 Å². The third-order valence-corrected chi connectivity index (χ3v) is 2.87. The van der Waals surface area contributed by atoms with E-state index < -0.39 is 5.91 Å². The van der Waals surface area contributed by atoms with Gasteiger partial charge < -0.3 is 16.0 Å². The molecule has 2 rings (SSSR count).